The standard InChI is InChI=1S/C17H27N3.C9H11N/c18-15-6-8-16(9-7-15)20-12-17-10-13-4-2-1-3-5-14(13)11-19-17;1-2-6-9-8(4-1)5-3-7-10-9/h2-5,15-17,19-20H,1,6-12,18H2;3,5,7H,1-2,4,6H2. The lowest BCUT2D eigenvalue weighted by molar-refractivity contribution is 0.327. The molecule has 162 valence electrons. The van der Waals surface area contributed by atoms with Crippen LogP contribution in [0.3, 0.4) is 0 Å². The monoisotopic (exact) mass is 406 g/mol. The van der Waals surface area contributed by atoms with Crippen molar-refractivity contribution >= 4 is 0 Å². The minimum atomic E-state index is 0.441. The molecule has 4 N–H and O–H groups in total. The van der Waals surface area contributed by atoms with Gasteiger partial charge in [-0.05, 0) is 87.0 Å². The van der Waals surface area contributed by atoms with Crippen LogP contribution in [0.5, 0.6) is 0 Å². The van der Waals surface area contributed by atoms with E-state index in [-0.39, 0.29) is 0 Å². The van der Waals surface area contributed by atoms with Crippen LogP contribution < -0.4 is 16.4 Å². The molecule has 30 heavy (non-hydrogen) atoms. The zero-order valence-corrected chi connectivity index (χ0v) is 18.3. The molecule has 1 fully saturated rings. The molecule has 1 unspecified atom stereocenters. The third-order valence-electron chi connectivity index (χ3n) is 6.89. The molecular weight excluding hydrogens is 368 g/mol. The van der Waals surface area contributed by atoms with Crippen LogP contribution in [0.1, 0.15) is 62.6 Å². The van der Waals surface area contributed by atoms with Gasteiger partial charge in [-0.1, -0.05) is 30.4 Å². The van der Waals surface area contributed by atoms with E-state index in [2.05, 4.69) is 46.0 Å². The zero-order valence-electron chi connectivity index (χ0n) is 18.3. The number of nitrogens with two attached hydrogens (primary N) is 1. The molecule has 2 heterocycles. The highest BCUT2D eigenvalue weighted by atomic mass is 15.0. The second-order valence-corrected chi connectivity index (χ2v) is 9.21. The van der Waals surface area contributed by atoms with Crippen LogP contribution in [-0.2, 0) is 12.8 Å². The second-order valence-electron chi connectivity index (χ2n) is 9.21. The molecule has 1 aromatic rings. The molecule has 0 bridgehead atoms. The Hall–Kier alpha value is -1.75. The topological polar surface area (TPSA) is 63.0 Å². The summed E-state index contributed by atoms with van der Waals surface area (Å²) in [5.74, 6) is 0. The molecule has 1 saturated carbocycles. The summed E-state index contributed by atoms with van der Waals surface area (Å²) in [5, 5.41) is 7.40. The summed E-state index contributed by atoms with van der Waals surface area (Å²) in [4.78, 5) is 4.32. The molecule has 0 amide bonds. The minimum Gasteiger partial charge on any atom is -0.328 e. The number of aromatic nitrogens is 1. The number of nitrogens with one attached hydrogen (secondary N) is 2. The summed E-state index contributed by atoms with van der Waals surface area (Å²) in [6.07, 6.45) is 23.2. The van der Waals surface area contributed by atoms with Gasteiger partial charge < -0.3 is 16.4 Å². The number of rotatable bonds is 3. The Labute approximate surface area is 182 Å². The SMILES string of the molecule is NC1CCC(NCC2CC3=C(C=CCC=C3)CN2)CC1.c1cnc2c(c1)CCCC2. The number of allylic oxidation sites excluding steroid dienone is 3. The first-order chi connectivity index (χ1) is 14.8. The van der Waals surface area contributed by atoms with Gasteiger partial charge in [0.15, 0.2) is 0 Å². The van der Waals surface area contributed by atoms with E-state index in [1.54, 1.807) is 0 Å². The van der Waals surface area contributed by atoms with Gasteiger partial charge in [-0.2, -0.15) is 0 Å². The first kappa shape index (κ1) is 21.5. The highest BCUT2D eigenvalue weighted by molar-refractivity contribution is 5.39. The average molecular weight is 407 g/mol. The Balaban J connectivity index is 0.000000181. The van der Waals surface area contributed by atoms with E-state index in [4.69, 9.17) is 5.73 Å². The highest BCUT2D eigenvalue weighted by Crippen LogP contribution is 2.22. The molecular formula is C26H38N4. The number of hydrogen-bond donors (Lipinski definition) is 3. The lowest BCUT2D eigenvalue weighted by Gasteiger charge is -2.31. The number of pyridine rings is 1. The van der Waals surface area contributed by atoms with E-state index in [1.165, 1.54) is 73.8 Å². The number of hydrogen-bond acceptors (Lipinski definition) is 4. The lowest BCUT2D eigenvalue weighted by atomic mass is 9.91. The average Bonchev–Trinajstić information content (AvgIpc) is 3.04. The molecule has 1 aromatic heterocycles. The van der Waals surface area contributed by atoms with Crippen molar-refractivity contribution in [1.29, 1.82) is 0 Å². The molecule has 4 aliphatic rings. The van der Waals surface area contributed by atoms with Crippen LogP contribution in [0, 0.1) is 0 Å². The van der Waals surface area contributed by atoms with Crippen molar-refractivity contribution in [1.82, 2.24) is 15.6 Å². The first-order valence-electron chi connectivity index (χ1n) is 12.0. The lowest BCUT2D eigenvalue weighted by Crippen LogP contribution is -2.46. The number of fused-ring (bicyclic) bond motifs is 1. The van der Waals surface area contributed by atoms with Crippen molar-refractivity contribution in [2.45, 2.75) is 82.3 Å². The van der Waals surface area contributed by atoms with Crippen molar-refractivity contribution in [2.24, 2.45) is 5.73 Å². The van der Waals surface area contributed by atoms with Crippen LogP contribution in [-0.4, -0.2) is 36.2 Å². The Bertz CT molecular complexity index is 746. The van der Waals surface area contributed by atoms with Gasteiger partial charge in [0.25, 0.3) is 0 Å². The van der Waals surface area contributed by atoms with E-state index < -0.39 is 0 Å². The molecule has 0 spiro atoms. The predicted octanol–water partition coefficient (Wildman–Crippen LogP) is 3.98. The zero-order chi connectivity index (χ0) is 20.6. The van der Waals surface area contributed by atoms with Gasteiger partial charge in [-0.25, -0.2) is 0 Å². The summed E-state index contributed by atoms with van der Waals surface area (Å²) in [6.45, 7) is 2.09. The van der Waals surface area contributed by atoms with Crippen molar-refractivity contribution in [3.8, 4) is 0 Å². The minimum absolute atomic E-state index is 0.441. The third-order valence-corrected chi connectivity index (χ3v) is 6.89. The summed E-state index contributed by atoms with van der Waals surface area (Å²) in [5.41, 5.74) is 11.8. The molecule has 0 aromatic carbocycles. The Morgan fingerprint density at radius 2 is 1.83 bits per heavy atom. The quantitative estimate of drug-likeness (QED) is 0.710. The predicted molar refractivity (Wildman–Crippen MR) is 125 cm³/mol. The van der Waals surface area contributed by atoms with Gasteiger partial charge in [0.1, 0.15) is 0 Å². The molecule has 1 atom stereocenters. The Morgan fingerprint density at radius 3 is 2.67 bits per heavy atom. The molecule has 0 radical (unpaired) electrons. The fraction of sp³-hybridized carbons (Fsp3) is 0.577. The van der Waals surface area contributed by atoms with Gasteiger partial charge in [0.2, 0.25) is 0 Å². The smallest absolute Gasteiger partial charge is 0.0435 e. The number of nitrogens with zero attached hydrogens (tertiary/aromatic N) is 1. The molecule has 4 heteroatoms. The largest absolute Gasteiger partial charge is 0.328 e. The van der Waals surface area contributed by atoms with Crippen molar-refractivity contribution < 1.29 is 0 Å². The molecule has 4 nitrogen and oxygen atoms in total. The van der Waals surface area contributed by atoms with E-state index in [0.717, 1.165) is 25.9 Å². The maximum atomic E-state index is 5.96. The van der Waals surface area contributed by atoms with Crippen LogP contribution in [0.2, 0.25) is 0 Å². The van der Waals surface area contributed by atoms with E-state index in [1.807, 2.05) is 12.3 Å². The fourth-order valence-electron chi connectivity index (χ4n) is 4.99. The summed E-state index contributed by atoms with van der Waals surface area (Å²) >= 11 is 0. The van der Waals surface area contributed by atoms with Crippen LogP contribution in [0.15, 0.2) is 53.8 Å². The van der Waals surface area contributed by atoms with Crippen molar-refractivity contribution in [3.05, 3.63) is 65.0 Å². The Kier molecular flexibility index (Phi) is 7.90. The maximum Gasteiger partial charge on any atom is 0.0435 e. The molecule has 5 rings (SSSR count). The summed E-state index contributed by atoms with van der Waals surface area (Å²) < 4.78 is 0. The van der Waals surface area contributed by atoms with Crippen LogP contribution in [0.4, 0.5) is 0 Å². The Morgan fingerprint density at radius 1 is 1.03 bits per heavy atom. The summed E-state index contributed by atoms with van der Waals surface area (Å²) in [6, 6.07) is 5.92. The van der Waals surface area contributed by atoms with E-state index in [9.17, 15) is 0 Å². The molecule has 1 aliphatic heterocycles. The van der Waals surface area contributed by atoms with E-state index in [0.29, 0.717) is 18.1 Å². The van der Waals surface area contributed by atoms with Gasteiger partial charge >= 0.3 is 0 Å². The van der Waals surface area contributed by atoms with Crippen LogP contribution in [0.25, 0.3) is 0 Å². The maximum absolute atomic E-state index is 5.96. The fourth-order valence-corrected chi connectivity index (χ4v) is 4.99. The third kappa shape index (κ3) is 6.13. The molecule has 0 saturated heterocycles. The first-order valence-corrected chi connectivity index (χ1v) is 12.0. The second kappa shape index (κ2) is 11.0. The molecule has 3 aliphatic carbocycles. The van der Waals surface area contributed by atoms with Gasteiger partial charge in [-0.15, -0.1) is 0 Å². The van der Waals surface area contributed by atoms with E-state index >= 15 is 0 Å². The normalized spacial score (nSPS) is 28.1. The van der Waals surface area contributed by atoms with Gasteiger partial charge in [0, 0.05) is 43.1 Å². The van der Waals surface area contributed by atoms with Crippen LogP contribution >= 0.6 is 0 Å². The van der Waals surface area contributed by atoms with Crippen molar-refractivity contribution in [3.63, 3.8) is 0 Å². The van der Waals surface area contributed by atoms with Gasteiger partial charge in [-0.3, -0.25) is 4.98 Å². The van der Waals surface area contributed by atoms with Crippen molar-refractivity contribution in [2.75, 3.05) is 13.1 Å². The van der Waals surface area contributed by atoms with Gasteiger partial charge in [0.05, 0.1) is 0 Å². The number of aryl methyl sites for hydroxylation is 2. The summed E-state index contributed by atoms with van der Waals surface area (Å²) in [7, 11) is 0. The highest BCUT2D eigenvalue weighted by Gasteiger charge is 2.22.